The monoisotopic (exact) mass is 244 g/mol. The van der Waals surface area contributed by atoms with Gasteiger partial charge in [-0.25, -0.2) is 0 Å². The number of nitrogens with zero attached hydrogens (tertiary/aromatic N) is 1. The Morgan fingerprint density at radius 3 is 2.61 bits per heavy atom. The van der Waals surface area contributed by atoms with Crippen LogP contribution in [0.15, 0.2) is 30.3 Å². The van der Waals surface area contributed by atoms with Crippen LogP contribution in [0.25, 0.3) is 0 Å². The van der Waals surface area contributed by atoms with Gasteiger partial charge in [-0.15, -0.1) is 0 Å². The third kappa shape index (κ3) is 2.45. The third-order valence-electron chi connectivity index (χ3n) is 4.42. The molecule has 0 spiro atoms. The van der Waals surface area contributed by atoms with E-state index >= 15 is 0 Å². The minimum Gasteiger partial charge on any atom is -0.319 e. The Balaban J connectivity index is 1.86. The van der Waals surface area contributed by atoms with Crippen LogP contribution in [0, 0.1) is 5.92 Å². The van der Waals surface area contributed by atoms with Crippen molar-refractivity contribution < 1.29 is 0 Å². The summed E-state index contributed by atoms with van der Waals surface area (Å²) >= 11 is 0. The molecular formula is C16H24N2. The highest BCUT2D eigenvalue weighted by molar-refractivity contribution is 5.21. The van der Waals surface area contributed by atoms with Gasteiger partial charge in [-0.2, -0.15) is 0 Å². The van der Waals surface area contributed by atoms with Gasteiger partial charge in [0.2, 0.25) is 0 Å². The van der Waals surface area contributed by atoms with Crippen molar-refractivity contribution >= 4 is 0 Å². The van der Waals surface area contributed by atoms with Crippen LogP contribution in [0.1, 0.15) is 37.3 Å². The van der Waals surface area contributed by atoms with Crippen LogP contribution in [0.5, 0.6) is 0 Å². The van der Waals surface area contributed by atoms with Gasteiger partial charge in [0.25, 0.3) is 0 Å². The normalized spacial score (nSPS) is 29.4. The Kier molecular flexibility index (Phi) is 3.67. The van der Waals surface area contributed by atoms with Crippen LogP contribution < -0.4 is 5.32 Å². The van der Waals surface area contributed by atoms with Crippen molar-refractivity contribution in [1.82, 2.24) is 10.2 Å². The maximum Gasteiger partial charge on any atom is 0.0391 e. The fraction of sp³-hybridized carbons (Fsp3) is 0.625. The summed E-state index contributed by atoms with van der Waals surface area (Å²) in [5.41, 5.74) is 1.52. The predicted octanol–water partition coefficient (Wildman–Crippen LogP) is 2.82. The van der Waals surface area contributed by atoms with Crippen molar-refractivity contribution in [3.63, 3.8) is 0 Å². The van der Waals surface area contributed by atoms with Crippen LogP contribution in [-0.2, 0) is 0 Å². The van der Waals surface area contributed by atoms with E-state index in [1.54, 1.807) is 0 Å². The van der Waals surface area contributed by atoms with E-state index in [4.69, 9.17) is 0 Å². The molecule has 1 aromatic rings. The summed E-state index contributed by atoms with van der Waals surface area (Å²) in [5.74, 6) is 0.770. The van der Waals surface area contributed by atoms with Crippen LogP contribution in [0.4, 0.5) is 0 Å². The average Bonchev–Trinajstić information content (AvgIpc) is 3.24. The zero-order valence-electron chi connectivity index (χ0n) is 11.3. The van der Waals surface area contributed by atoms with E-state index in [1.807, 2.05) is 0 Å². The molecule has 2 unspecified atom stereocenters. The van der Waals surface area contributed by atoms with Gasteiger partial charge in [-0.3, -0.25) is 4.90 Å². The maximum absolute atomic E-state index is 3.39. The first-order valence-electron chi connectivity index (χ1n) is 7.35. The second-order valence-electron chi connectivity index (χ2n) is 5.78. The second-order valence-corrected chi connectivity index (χ2v) is 5.78. The number of piperidine rings is 1. The molecule has 2 atom stereocenters. The third-order valence-corrected chi connectivity index (χ3v) is 4.42. The van der Waals surface area contributed by atoms with Gasteiger partial charge in [-0.05, 0) is 57.3 Å². The summed E-state index contributed by atoms with van der Waals surface area (Å²) in [6.07, 6.45) is 5.56. The summed E-state index contributed by atoms with van der Waals surface area (Å²) in [6.45, 7) is 2.44. The number of rotatable bonds is 4. The number of nitrogens with one attached hydrogen (secondary N) is 1. The molecule has 1 heterocycles. The lowest BCUT2D eigenvalue weighted by Gasteiger charge is -2.42. The molecule has 0 radical (unpaired) electrons. The van der Waals surface area contributed by atoms with Crippen molar-refractivity contribution in [3.8, 4) is 0 Å². The van der Waals surface area contributed by atoms with Gasteiger partial charge in [-0.1, -0.05) is 30.3 Å². The summed E-state index contributed by atoms with van der Waals surface area (Å²) in [7, 11) is 2.08. The first-order valence-corrected chi connectivity index (χ1v) is 7.35. The Morgan fingerprint density at radius 1 is 1.17 bits per heavy atom. The number of hydrogen-bond donors (Lipinski definition) is 1. The average molecular weight is 244 g/mol. The minimum atomic E-state index is 0.639. The van der Waals surface area contributed by atoms with Gasteiger partial charge < -0.3 is 5.32 Å². The standard InChI is InChI=1S/C16H24N2/c1-17-12-14-8-5-11-18(15-9-10-15)16(14)13-6-3-2-4-7-13/h2-4,6-7,14-17H,5,8-12H2,1H3. The minimum absolute atomic E-state index is 0.639. The molecule has 1 N–H and O–H groups in total. The molecule has 1 aromatic carbocycles. The Hall–Kier alpha value is -0.860. The van der Waals surface area contributed by atoms with Crippen molar-refractivity contribution in [2.75, 3.05) is 20.1 Å². The molecular weight excluding hydrogens is 220 g/mol. The van der Waals surface area contributed by atoms with Crippen LogP contribution in [0.3, 0.4) is 0 Å². The Labute approximate surface area is 110 Å². The van der Waals surface area contributed by atoms with Crippen LogP contribution >= 0.6 is 0 Å². The first-order chi connectivity index (χ1) is 8.90. The van der Waals surface area contributed by atoms with Gasteiger partial charge in [0.05, 0.1) is 0 Å². The molecule has 1 saturated heterocycles. The number of likely N-dealkylation sites (tertiary alicyclic amines) is 1. The van der Waals surface area contributed by atoms with E-state index in [0.29, 0.717) is 6.04 Å². The number of hydrogen-bond acceptors (Lipinski definition) is 2. The SMILES string of the molecule is CNCC1CCCN(C2CC2)C1c1ccccc1. The highest BCUT2D eigenvalue weighted by Gasteiger charge is 2.39. The zero-order chi connectivity index (χ0) is 12.4. The molecule has 2 fully saturated rings. The van der Waals surface area contributed by atoms with E-state index in [1.165, 1.54) is 37.8 Å². The van der Waals surface area contributed by atoms with E-state index < -0.39 is 0 Å². The lowest BCUT2D eigenvalue weighted by Crippen LogP contribution is -2.43. The first kappa shape index (κ1) is 12.2. The fourth-order valence-corrected chi connectivity index (χ4v) is 3.51. The largest absolute Gasteiger partial charge is 0.319 e. The molecule has 0 aromatic heterocycles. The molecule has 0 amide bonds. The highest BCUT2D eigenvalue weighted by atomic mass is 15.2. The molecule has 1 saturated carbocycles. The molecule has 1 aliphatic carbocycles. The van der Waals surface area contributed by atoms with Crippen LogP contribution in [-0.4, -0.2) is 31.1 Å². The van der Waals surface area contributed by atoms with Gasteiger partial charge in [0.15, 0.2) is 0 Å². The van der Waals surface area contributed by atoms with Gasteiger partial charge >= 0.3 is 0 Å². The Bertz CT molecular complexity index is 370. The van der Waals surface area contributed by atoms with Gasteiger partial charge in [0, 0.05) is 12.1 Å². The summed E-state index contributed by atoms with van der Waals surface area (Å²) in [5, 5.41) is 3.39. The molecule has 0 bridgehead atoms. The van der Waals surface area contributed by atoms with Gasteiger partial charge in [0.1, 0.15) is 0 Å². The highest BCUT2D eigenvalue weighted by Crippen LogP contribution is 2.42. The van der Waals surface area contributed by atoms with E-state index in [9.17, 15) is 0 Å². The molecule has 2 heteroatoms. The number of benzene rings is 1. The summed E-state index contributed by atoms with van der Waals surface area (Å²) < 4.78 is 0. The molecule has 2 aliphatic rings. The van der Waals surface area contributed by atoms with E-state index in [0.717, 1.165) is 18.5 Å². The Morgan fingerprint density at radius 2 is 1.94 bits per heavy atom. The quantitative estimate of drug-likeness (QED) is 0.876. The summed E-state index contributed by atoms with van der Waals surface area (Å²) in [4.78, 5) is 2.78. The second kappa shape index (κ2) is 5.41. The molecule has 2 nitrogen and oxygen atoms in total. The smallest absolute Gasteiger partial charge is 0.0391 e. The predicted molar refractivity (Wildman–Crippen MR) is 75.6 cm³/mol. The maximum atomic E-state index is 3.39. The molecule has 3 rings (SSSR count). The van der Waals surface area contributed by atoms with E-state index in [-0.39, 0.29) is 0 Å². The zero-order valence-corrected chi connectivity index (χ0v) is 11.3. The topological polar surface area (TPSA) is 15.3 Å². The lowest BCUT2D eigenvalue weighted by atomic mass is 9.84. The molecule has 98 valence electrons. The van der Waals surface area contributed by atoms with Crippen molar-refractivity contribution in [2.24, 2.45) is 5.92 Å². The van der Waals surface area contributed by atoms with Crippen molar-refractivity contribution in [2.45, 2.75) is 37.8 Å². The summed E-state index contributed by atoms with van der Waals surface area (Å²) in [6, 6.07) is 12.6. The molecule has 1 aliphatic heterocycles. The van der Waals surface area contributed by atoms with Crippen molar-refractivity contribution in [3.05, 3.63) is 35.9 Å². The molecule has 18 heavy (non-hydrogen) atoms. The van der Waals surface area contributed by atoms with Crippen LogP contribution in [0.2, 0.25) is 0 Å². The van der Waals surface area contributed by atoms with E-state index in [2.05, 4.69) is 47.6 Å². The lowest BCUT2D eigenvalue weighted by molar-refractivity contribution is 0.0845. The fourth-order valence-electron chi connectivity index (χ4n) is 3.51. The van der Waals surface area contributed by atoms with Crippen molar-refractivity contribution in [1.29, 1.82) is 0 Å².